The van der Waals surface area contributed by atoms with Crippen molar-refractivity contribution in [3.8, 4) is 11.3 Å². The Hall–Kier alpha value is -1.96. The molecule has 0 radical (unpaired) electrons. The first-order valence-corrected chi connectivity index (χ1v) is 10.3. The number of thioether (sulfide) groups is 1. The SMILES string of the molecule is O=C(CCCSc1ccc(Cl)cc1)Nc1nc(-c2ccc(F)c(F)c2)cs1. The van der Waals surface area contributed by atoms with Gasteiger partial charge in [-0.25, -0.2) is 13.8 Å². The van der Waals surface area contributed by atoms with Crippen LogP contribution in [0.25, 0.3) is 11.3 Å². The Morgan fingerprint density at radius 3 is 2.67 bits per heavy atom. The van der Waals surface area contributed by atoms with Crippen molar-refractivity contribution >= 4 is 45.7 Å². The number of anilines is 1. The van der Waals surface area contributed by atoms with Crippen LogP contribution >= 0.6 is 34.7 Å². The predicted molar refractivity (Wildman–Crippen MR) is 108 cm³/mol. The van der Waals surface area contributed by atoms with Crippen LogP contribution in [0.2, 0.25) is 5.02 Å². The van der Waals surface area contributed by atoms with Gasteiger partial charge in [0.05, 0.1) is 5.69 Å². The molecule has 8 heteroatoms. The lowest BCUT2D eigenvalue weighted by Crippen LogP contribution is -2.11. The summed E-state index contributed by atoms with van der Waals surface area (Å²) in [5.74, 6) is -1.14. The molecule has 0 aliphatic carbocycles. The molecule has 3 aromatic rings. The number of rotatable bonds is 7. The first-order valence-electron chi connectivity index (χ1n) is 8.10. The molecule has 2 aromatic carbocycles. The van der Waals surface area contributed by atoms with Crippen molar-refractivity contribution in [2.45, 2.75) is 17.7 Å². The van der Waals surface area contributed by atoms with Crippen LogP contribution < -0.4 is 5.32 Å². The largest absolute Gasteiger partial charge is 0.302 e. The fourth-order valence-corrected chi connectivity index (χ4v) is 3.97. The highest BCUT2D eigenvalue weighted by Crippen LogP contribution is 2.26. The third-order valence-corrected chi connectivity index (χ3v) is 5.70. The molecule has 140 valence electrons. The fraction of sp³-hybridized carbons (Fsp3) is 0.158. The zero-order valence-electron chi connectivity index (χ0n) is 14.0. The molecule has 1 amide bonds. The molecule has 0 fully saturated rings. The van der Waals surface area contributed by atoms with E-state index in [1.54, 1.807) is 17.1 Å². The lowest BCUT2D eigenvalue weighted by atomic mass is 10.2. The van der Waals surface area contributed by atoms with Gasteiger partial charge in [0, 0.05) is 27.3 Å². The molecule has 3 nitrogen and oxygen atoms in total. The molecular formula is C19H15ClF2N2OS2. The van der Waals surface area contributed by atoms with Crippen molar-refractivity contribution in [1.29, 1.82) is 0 Å². The van der Waals surface area contributed by atoms with Crippen LogP contribution in [-0.4, -0.2) is 16.6 Å². The topological polar surface area (TPSA) is 42.0 Å². The zero-order chi connectivity index (χ0) is 19.2. The molecule has 0 aliphatic rings. The normalized spacial score (nSPS) is 10.8. The Labute approximate surface area is 168 Å². The first-order chi connectivity index (χ1) is 13.0. The van der Waals surface area contributed by atoms with Crippen LogP contribution in [-0.2, 0) is 4.79 Å². The minimum Gasteiger partial charge on any atom is -0.302 e. The molecule has 0 saturated carbocycles. The van der Waals surface area contributed by atoms with Crippen LogP contribution in [0.4, 0.5) is 13.9 Å². The highest BCUT2D eigenvalue weighted by Gasteiger charge is 2.10. The number of carbonyl (C=O) groups is 1. The van der Waals surface area contributed by atoms with Crippen LogP contribution in [0.3, 0.4) is 0 Å². The van der Waals surface area contributed by atoms with Crippen LogP contribution in [0, 0.1) is 11.6 Å². The number of hydrogen-bond acceptors (Lipinski definition) is 4. The van der Waals surface area contributed by atoms with Gasteiger partial charge in [-0.15, -0.1) is 23.1 Å². The van der Waals surface area contributed by atoms with Crippen molar-refractivity contribution in [2.24, 2.45) is 0 Å². The Morgan fingerprint density at radius 2 is 1.93 bits per heavy atom. The maximum absolute atomic E-state index is 13.3. The van der Waals surface area contributed by atoms with E-state index in [0.717, 1.165) is 29.2 Å². The molecule has 1 heterocycles. The molecule has 1 aromatic heterocycles. The number of benzene rings is 2. The van der Waals surface area contributed by atoms with Crippen LogP contribution in [0.5, 0.6) is 0 Å². The van der Waals surface area contributed by atoms with Gasteiger partial charge in [-0.3, -0.25) is 4.79 Å². The molecule has 1 N–H and O–H groups in total. The molecule has 0 bridgehead atoms. The zero-order valence-corrected chi connectivity index (χ0v) is 16.4. The van der Waals surface area contributed by atoms with Crippen molar-refractivity contribution in [3.63, 3.8) is 0 Å². The Bertz CT molecular complexity index is 932. The minimum absolute atomic E-state index is 0.127. The molecular weight excluding hydrogens is 410 g/mol. The summed E-state index contributed by atoms with van der Waals surface area (Å²) >= 11 is 8.75. The van der Waals surface area contributed by atoms with E-state index in [-0.39, 0.29) is 5.91 Å². The summed E-state index contributed by atoms with van der Waals surface area (Å²) in [6.07, 6.45) is 1.10. The van der Waals surface area contributed by atoms with Gasteiger partial charge in [0.2, 0.25) is 5.91 Å². The smallest absolute Gasteiger partial charge is 0.226 e. The van der Waals surface area contributed by atoms with Crippen molar-refractivity contribution < 1.29 is 13.6 Å². The molecule has 0 atom stereocenters. The number of halogens is 3. The molecule has 27 heavy (non-hydrogen) atoms. The second-order valence-electron chi connectivity index (χ2n) is 5.62. The van der Waals surface area contributed by atoms with Gasteiger partial charge in [-0.2, -0.15) is 0 Å². The average Bonchev–Trinajstić information content (AvgIpc) is 3.11. The summed E-state index contributed by atoms with van der Waals surface area (Å²) in [4.78, 5) is 17.4. The van der Waals surface area contributed by atoms with E-state index in [1.807, 2.05) is 24.3 Å². The predicted octanol–water partition coefficient (Wildman–Crippen LogP) is 6.25. The van der Waals surface area contributed by atoms with E-state index in [1.165, 1.54) is 17.4 Å². The van der Waals surface area contributed by atoms with Crippen LogP contribution in [0.1, 0.15) is 12.8 Å². The van der Waals surface area contributed by atoms with Crippen LogP contribution in [0.15, 0.2) is 52.7 Å². The Morgan fingerprint density at radius 1 is 1.15 bits per heavy atom. The lowest BCUT2D eigenvalue weighted by molar-refractivity contribution is -0.116. The first kappa shape index (κ1) is 19.8. The van der Waals surface area contributed by atoms with Gasteiger partial charge in [0.1, 0.15) is 0 Å². The molecule has 0 saturated heterocycles. The fourth-order valence-electron chi connectivity index (χ4n) is 2.25. The second kappa shape index (κ2) is 9.30. The third kappa shape index (κ3) is 5.76. The quantitative estimate of drug-likeness (QED) is 0.360. The lowest BCUT2D eigenvalue weighted by Gasteiger charge is -2.03. The summed E-state index contributed by atoms with van der Waals surface area (Å²) in [6, 6.07) is 11.2. The number of carbonyl (C=O) groups excluding carboxylic acids is 1. The summed E-state index contributed by atoms with van der Waals surface area (Å²) in [7, 11) is 0. The van der Waals surface area contributed by atoms with Crippen molar-refractivity contribution in [2.75, 3.05) is 11.1 Å². The van der Waals surface area contributed by atoms with E-state index in [0.29, 0.717) is 27.8 Å². The van der Waals surface area contributed by atoms with E-state index in [2.05, 4.69) is 10.3 Å². The van der Waals surface area contributed by atoms with Gasteiger partial charge in [0.15, 0.2) is 16.8 Å². The Kier molecular flexibility index (Phi) is 6.82. The molecule has 0 aliphatic heterocycles. The average molecular weight is 425 g/mol. The highest BCUT2D eigenvalue weighted by atomic mass is 35.5. The highest BCUT2D eigenvalue weighted by molar-refractivity contribution is 7.99. The third-order valence-electron chi connectivity index (χ3n) is 3.60. The van der Waals surface area contributed by atoms with E-state index >= 15 is 0 Å². The summed E-state index contributed by atoms with van der Waals surface area (Å²) in [5, 5.41) is 5.57. The number of amides is 1. The van der Waals surface area contributed by atoms with Gasteiger partial charge < -0.3 is 5.32 Å². The number of thiazole rings is 1. The molecule has 0 unspecified atom stereocenters. The van der Waals surface area contributed by atoms with Gasteiger partial charge in [0.25, 0.3) is 0 Å². The summed E-state index contributed by atoms with van der Waals surface area (Å²) < 4.78 is 26.3. The van der Waals surface area contributed by atoms with Gasteiger partial charge in [-0.1, -0.05) is 11.6 Å². The maximum atomic E-state index is 13.3. The van der Waals surface area contributed by atoms with E-state index < -0.39 is 11.6 Å². The van der Waals surface area contributed by atoms with Crippen molar-refractivity contribution in [3.05, 3.63) is 64.5 Å². The molecule has 0 spiro atoms. The van der Waals surface area contributed by atoms with Gasteiger partial charge >= 0.3 is 0 Å². The van der Waals surface area contributed by atoms with E-state index in [9.17, 15) is 13.6 Å². The van der Waals surface area contributed by atoms with Crippen molar-refractivity contribution in [1.82, 2.24) is 4.98 Å². The standard InChI is InChI=1S/C19H15ClF2N2OS2/c20-13-4-6-14(7-5-13)26-9-1-2-18(25)24-19-23-17(11-27-19)12-3-8-15(21)16(22)10-12/h3-8,10-11H,1-2,9H2,(H,23,24,25). The minimum atomic E-state index is -0.927. The monoisotopic (exact) mass is 424 g/mol. The van der Waals surface area contributed by atoms with Gasteiger partial charge in [-0.05, 0) is 54.6 Å². The number of hydrogen-bond donors (Lipinski definition) is 1. The summed E-state index contributed by atoms with van der Waals surface area (Å²) in [6.45, 7) is 0. The molecule has 3 rings (SSSR count). The second-order valence-corrected chi connectivity index (χ2v) is 8.08. The van der Waals surface area contributed by atoms with E-state index in [4.69, 9.17) is 11.6 Å². The summed E-state index contributed by atoms with van der Waals surface area (Å²) in [5.41, 5.74) is 0.956. The number of nitrogens with zero attached hydrogens (tertiary/aromatic N) is 1. The Balaban J connectivity index is 1.46. The number of nitrogens with one attached hydrogen (secondary N) is 1. The maximum Gasteiger partial charge on any atom is 0.226 e. The number of aromatic nitrogens is 1.